The minimum atomic E-state index is -0.491. The molecular formula is C11H9BrFNO2. The van der Waals surface area contributed by atoms with E-state index < -0.39 is 5.97 Å². The van der Waals surface area contributed by atoms with Crippen LogP contribution in [0.25, 0.3) is 5.57 Å². The van der Waals surface area contributed by atoms with Gasteiger partial charge < -0.3 is 10.5 Å². The Morgan fingerprint density at radius 2 is 2.25 bits per heavy atom. The molecule has 1 aliphatic carbocycles. The molecule has 0 heterocycles. The van der Waals surface area contributed by atoms with Gasteiger partial charge in [0.15, 0.2) is 0 Å². The summed E-state index contributed by atoms with van der Waals surface area (Å²) >= 11 is 3.08. The molecule has 0 spiro atoms. The molecule has 84 valence electrons. The van der Waals surface area contributed by atoms with Crippen LogP contribution < -0.4 is 5.73 Å². The second-order valence-electron chi connectivity index (χ2n) is 3.49. The molecule has 0 bridgehead atoms. The molecule has 0 aliphatic heterocycles. The van der Waals surface area contributed by atoms with Crippen molar-refractivity contribution in [3.63, 3.8) is 0 Å². The first-order chi connectivity index (χ1) is 7.54. The van der Waals surface area contributed by atoms with Crippen LogP contribution in [0.4, 0.5) is 4.39 Å². The third kappa shape index (κ3) is 1.61. The normalized spacial score (nSPS) is 13.9. The number of allylic oxidation sites excluding steroid dienone is 1. The molecule has 0 saturated carbocycles. The van der Waals surface area contributed by atoms with E-state index in [1.165, 1.54) is 13.2 Å². The summed E-state index contributed by atoms with van der Waals surface area (Å²) in [6, 6.07) is 2.93. The maximum absolute atomic E-state index is 13.3. The van der Waals surface area contributed by atoms with Gasteiger partial charge >= 0.3 is 5.97 Å². The molecule has 0 saturated heterocycles. The molecule has 2 N–H and O–H groups in total. The van der Waals surface area contributed by atoms with E-state index in [2.05, 4.69) is 20.7 Å². The van der Waals surface area contributed by atoms with Crippen molar-refractivity contribution in [3.05, 3.63) is 39.2 Å². The molecule has 3 nitrogen and oxygen atoms in total. The van der Waals surface area contributed by atoms with Crippen LogP contribution in [0.1, 0.15) is 11.1 Å². The predicted octanol–water partition coefficient (Wildman–Crippen LogP) is 1.99. The van der Waals surface area contributed by atoms with Crippen LogP contribution in [0.2, 0.25) is 0 Å². The summed E-state index contributed by atoms with van der Waals surface area (Å²) in [4.78, 5) is 11.5. The second-order valence-corrected chi connectivity index (χ2v) is 4.35. The van der Waals surface area contributed by atoms with Crippen molar-refractivity contribution in [2.75, 3.05) is 7.11 Å². The highest BCUT2D eigenvalue weighted by Crippen LogP contribution is 2.34. The van der Waals surface area contributed by atoms with Gasteiger partial charge in [-0.2, -0.15) is 0 Å². The van der Waals surface area contributed by atoms with Crippen molar-refractivity contribution in [1.82, 2.24) is 0 Å². The Hall–Kier alpha value is -1.36. The first-order valence-corrected chi connectivity index (χ1v) is 5.39. The summed E-state index contributed by atoms with van der Waals surface area (Å²) in [6.07, 6.45) is 0.379. The van der Waals surface area contributed by atoms with Gasteiger partial charge in [0.25, 0.3) is 0 Å². The monoisotopic (exact) mass is 285 g/mol. The van der Waals surface area contributed by atoms with Crippen LogP contribution in [0, 0.1) is 5.82 Å². The van der Waals surface area contributed by atoms with Gasteiger partial charge in [-0.3, -0.25) is 0 Å². The Balaban J connectivity index is 2.57. The number of hydrogen-bond donors (Lipinski definition) is 1. The average Bonchev–Trinajstić information content (AvgIpc) is 2.54. The van der Waals surface area contributed by atoms with E-state index in [1.54, 1.807) is 6.07 Å². The van der Waals surface area contributed by atoms with Gasteiger partial charge in [0, 0.05) is 12.1 Å². The average molecular weight is 286 g/mol. The van der Waals surface area contributed by atoms with Gasteiger partial charge in [-0.15, -0.1) is 0 Å². The van der Waals surface area contributed by atoms with E-state index in [9.17, 15) is 9.18 Å². The van der Waals surface area contributed by atoms with Crippen LogP contribution in [-0.4, -0.2) is 13.1 Å². The van der Waals surface area contributed by atoms with E-state index in [1.807, 2.05) is 0 Å². The topological polar surface area (TPSA) is 52.3 Å². The third-order valence-corrected chi connectivity index (χ3v) is 3.11. The Labute approximate surface area is 100 Å². The summed E-state index contributed by atoms with van der Waals surface area (Å²) in [5, 5.41) is 0. The van der Waals surface area contributed by atoms with Gasteiger partial charge in [-0.25, -0.2) is 9.18 Å². The maximum atomic E-state index is 13.3. The summed E-state index contributed by atoms with van der Waals surface area (Å²) in [7, 11) is 1.29. The fourth-order valence-corrected chi connectivity index (χ4v) is 2.12. The summed E-state index contributed by atoms with van der Waals surface area (Å²) in [5.74, 6) is -0.854. The Kier molecular flexibility index (Phi) is 2.71. The van der Waals surface area contributed by atoms with Crippen LogP contribution >= 0.6 is 15.9 Å². The van der Waals surface area contributed by atoms with Crippen molar-refractivity contribution in [3.8, 4) is 0 Å². The van der Waals surface area contributed by atoms with Crippen molar-refractivity contribution in [1.29, 1.82) is 0 Å². The second kappa shape index (κ2) is 3.90. The lowest BCUT2D eigenvalue weighted by molar-refractivity contribution is -0.133. The molecule has 0 radical (unpaired) electrons. The van der Waals surface area contributed by atoms with Crippen LogP contribution in [-0.2, 0) is 16.0 Å². The molecule has 1 aromatic rings. The SMILES string of the molecule is COC(=O)C1=C(N)Cc2cc(F)c(Br)cc21. The number of rotatable bonds is 1. The van der Waals surface area contributed by atoms with E-state index in [-0.39, 0.29) is 5.82 Å². The standard InChI is InChI=1S/C11H9BrFNO2/c1-16-11(15)10-6-4-7(12)8(13)2-5(6)3-9(10)14/h2,4H,3,14H2,1H3. The molecule has 0 amide bonds. The van der Waals surface area contributed by atoms with E-state index >= 15 is 0 Å². The number of ether oxygens (including phenoxy) is 1. The minimum absolute atomic E-state index is 0.308. The Bertz CT molecular complexity index is 511. The smallest absolute Gasteiger partial charge is 0.340 e. The first kappa shape index (κ1) is 11.1. The molecule has 0 atom stereocenters. The summed E-state index contributed by atoms with van der Waals surface area (Å²) < 4.78 is 18.2. The lowest BCUT2D eigenvalue weighted by Crippen LogP contribution is -2.08. The number of esters is 1. The highest BCUT2D eigenvalue weighted by atomic mass is 79.9. The van der Waals surface area contributed by atoms with E-state index in [0.29, 0.717) is 33.3 Å². The predicted molar refractivity (Wildman–Crippen MR) is 60.9 cm³/mol. The van der Waals surface area contributed by atoms with Crippen LogP contribution in [0.15, 0.2) is 22.3 Å². The number of carbonyl (C=O) groups is 1. The van der Waals surface area contributed by atoms with Crippen LogP contribution in [0.3, 0.4) is 0 Å². The van der Waals surface area contributed by atoms with Crippen molar-refractivity contribution >= 4 is 27.5 Å². The van der Waals surface area contributed by atoms with Gasteiger partial charge in [0.05, 0.1) is 17.2 Å². The fraction of sp³-hybridized carbons (Fsp3) is 0.182. The summed E-state index contributed by atoms with van der Waals surface area (Å²) in [6.45, 7) is 0. The fourth-order valence-electron chi connectivity index (χ4n) is 1.78. The van der Waals surface area contributed by atoms with Crippen molar-refractivity contribution < 1.29 is 13.9 Å². The zero-order valence-electron chi connectivity index (χ0n) is 8.51. The zero-order chi connectivity index (χ0) is 11.9. The molecule has 0 unspecified atom stereocenters. The molecule has 5 heteroatoms. The number of fused-ring (bicyclic) bond motifs is 1. The molecular weight excluding hydrogens is 277 g/mol. The van der Waals surface area contributed by atoms with Gasteiger partial charge in [-0.1, -0.05) is 0 Å². The number of carbonyl (C=O) groups excluding carboxylic acids is 1. The molecule has 0 fully saturated rings. The van der Waals surface area contributed by atoms with Gasteiger partial charge in [0.2, 0.25) is 0 Å². The number of methoxy groups -OCH3 is 1. The van der Waals surface area contributed by atoms with Crippen molar-refractivity contribution in [2.45, 2.75) is 6.42 Å². The number of halogens is 2. The molecule has 1 aromatic carbocycles. The van der Waals surface area contributed by atoms with Crippen molar-refractivity contribution in [2.24, 2.45) is 5.73 Å². The number of nitrogens with two attached hydrogens (primary N) is 1. The zero-order valence-corrected chi connectivity index (χ0v) is 10.1. The lowest BCUT2D eigenvalue weighted by atomic mass is 10.1. The lowest BCUT2D eigenvalue weighted by Gasteiger charge is -2.05. The van der Waals surface area contributed by atoms with Gasteiger partial charge in [0.1, 0.15) is 5.82 Å². The minimum Gasteiger partial charge on any atom is -0.465 e. The summed E-state index contributed by atoms with van der Waals surface area (Å²) in [5.41, 5.74) is 7.84. The van der Waals surface area contributed by atoms with E-state index in [4.69, 9.17) is 5.73 Å². The highest BCUT2D eigenvalue weighted by molar-refractivity contribution is 9.10. The number of benzene rings is 1. The molecule has 0 aromatic heterocycles. The number of hydrogen-bond acceptors (Lipinski definition) is 3. The highest BCUT2D eigenvalue weighted by Gasteiger charge is 2.27. The maximum Gasteiger partial charge on any atom is 0.340 e. The first-order valence-electron chi connectivity index (χ1n) is 4.59. The molecule has 2 rings (SSSR count). The largest absolute Gasteiger partial charge is 0.465 e. The third-order valence-electron chi connectivity index (χ3n) is 2.51. The molecule has 1 aliphatic rings. The van der Waals surface area contributed by atoms with Crippen LogP contribution in [0.5, 0.6) is 0 Å². The molecule has 16 heavy (non-hydrogen) atoms. The van der Waals surface area contributed by atoms with E-state index in [0.717, 1.165) is 0 Å². The quantitative estimate of drug-likeness (QED) is 0.803. The Morgan fingerprint density at radius 3 is 2.88 bits per heavy atom. The van der Waals surface area contributed by atoms with Gasteiger partial charge in [-0.05, 0) is 39.2 Å². The Morgan fingerprint density at radius 1 is 1.56 bits per heavy atom.